The molecule has 3 aromatic rings. The molecule has 0 aliphatic rings. The summed E-state index contributed by atoms with van der Waals surface area (Å²) in [4.78, 5) is 24.0. The Labute approximate surface area is 176 Å². The van der Waals surface area contributed by atoms with Crippen LogP contribution in [0.15, 0.2) is 72.8 Å². The zero-order valence-corrected chi connectivity index (χ0v) is 17.1. The molecule has 0 aliphatic carbocycles. The van der Waals surface area contributed by atoms with Gasteiger partial charge >= 0.3 is 0 Å². The number of rotatable bonds is 7. The number of anilines is 1. The first kappa shape index (κ1) is 20.9. The van der Waals surface area contributed by atoms with Crippen LogP contribution in [0.25, 0.3) is 11.1 Å². The van der Waals surface area contributed by atoms with Crippen LogP contribution in [-0.2, 0) is 9.59 Å². The average Bonchev–Trinajstić information content (AvgIpc) is 2.76. The fraction of sp³-hybridized carbons (Fsp3) is 0.167. The molecule has 0 bridgehead atoms. The second-order valence-electron chi connectivity index (χ2n) is 6.92. The predicted molar refractivity (Wildman–Crippen MR) is 118 cm³/mol. The van der Waals surface area contributed by atoms with Gasteiger partial charge in [0.05, 0.1) is 6.54 Å². The molecule has 3 N–H and O–H groups in total. The molecule has 2 amide bonds. The fourth-order valence-corrected chi connectivity index (χ4v) is 3.00. The Hall–Kier alpha value is -3.80. The van der Waals surface area contributed by atoms with Crippen LogP contribution in [0.3, 0.4) is 0 Å². The van der Waals surface area contributed by atoms with Crippen LogP contribution in [-0.4, -0.2) is 25.0 Å². The second-order valence-corrected chi connectivity index (χ2v) is 6.92. The summed E-state index contributed by atoms with van der Waals surface area (Å²) in [6, 6.07) is 23.2. The maximum Gasteiger partial charge on any atom is 0.276 e. The molecule has 0 fully saturated rings. The van der Waals surface area contributed by atoms with E-state index in [1.54, 1.807) is 0 Å². The summed E-state index contributed by atoms with van der Waals surface area (Å²) in [6.07, 6.45) is 0. The Morgan fingerprint density at radius 2 is 1.53 bits per heavy atom. The van der Waals surface area contributed by atoms with Crippen LogP contribution in [0.5, 0.6) is 5.75 Å². The summed E-state index contributed by atoms with van der Waals surface area (Å²) in [6.45, 7) is 3.81. The molecular weight excluding hydrogens is 378 g/mol. The molecule has 0 aliphatic heterocycles. The molecule has 0 atom stereocenters. The standard InChI is InChI=1S/C24H25N3O3/c1-17-12-13-21(18(2)14-17)25-15-23(28)26-27-24(29)16-30-22-11-7-6-10-20(22)19-8-4-3-5-9-19/h3-14,25H,15-16H2,1-2H3,(H,26,28)(H,27,29). The molecule has 0 unspecified atom stereocenters. The van der Waals surface area contributed by atoms with Crippen molar-refractivity contribution in [1.82, 2.24) is 10.9 Å². The zero-order valence-electron chi connectivity index (χ0n) is 17.1. The van der Waals surface area contributed by atoms with Gasteiger partial charge in [-0.25, -0.2) is 0 Å². The highest BCUT2D eigenvalue weighted by Gasteiger charge is 2.09. The maximum absolute atomic E-state index is 12.1. The number of carbonyl (C=O) groups is 2. The number of ether oxygens (including phenoxy) is 1. The van der Waals surface area contributed by atoms with Crippen LogP contribution in [0.2, 0.25) is 0 Å². The smallest absolute Gasteiger partial charge is 0.276 e. The lowest BCUT2D eigenvalue weighted by Crippen LogP contribution is -2.46. The number of hydrogen-bond donors (Lipinski definition) is 3. The SMILES string of the molecule is Cc1ccc(NCC(=O)NNC(=O)COc2ccccc2-c2ccccc2)c(C)c1. The molecule has 3 aromatic carbocycles. The van der Waals surface area contributed by atoms with Crippen LogP contribution >= 0.6 is 0 Å². The maximum atomic E-state index is 12.1. The van der Waals surface area contributed by atoms with Crippen molar-refractivity contribution in [3.63, 3.8) is 0 Å². The summed E-state index contributed by atoms with van der Waals surface area (Å²) in [5, 5.41) is 3.05. The van der Waals surface area contributed by atoms with E-state index < -0.39 is 5.91 Å². The minimum atomic E-state index is -0.447. The van der Waals surface area contributed by atoms with Gasteiger partial charge in [0, 0.05) is 11.3 Å². The van der Waals surface area contributed by atoms with Crippen molar-refractivity contribution in [2.45, 2.75) is 13.8 Å². The normalized spacial score (nSPS) is 10.2. The third-order valence-electron chi connectivity index (χ3n) is 4.49. The number of carbonyl (C=O) groups excluding carboxylic acids is 2. The van der Waals surface area contributed by atoms with Crippen molar-refractivity contribution < 1.29 is 14.3 Å². The minimum absolute atomic E-state index is 0.0435. The molecule has 154 valence electrons. The van der Waals surface area contributed by atoms with Gasteiger partial charge in [-0.2, -0.15) is 0 Å². The number of aryl methyl sites for hydroxylation is 2. The Bertz CT molecular complexity index is 1020. The lowest BCUT2D eigenvalue weighted by molar-refractivity contribution is -0.129. The fourth-order valence-electron chi connectivity index (χ4n) is 3.00. The Kier molecular flexibility index (Phi) is 7.05. The molecule has 6 nitrogen and oxygen atoms in total. The molecule has 0 saturated heterocycles. The van der Waals surface area contributed by atoms with E-state index in [1.165, 1.54) is 0 Å². The van der Waals surface area contributed by atoms with Crippen LogP contribution in [0.1, 0.15) is 11.1 Å². The molecule has 0 saturated carbocycles. The molecule has 6 heteroatoms. The number of benzene rings is 3. The summed E-state index contributed by atoms with van der Waals surface area (Å²) in [5.41, 5.74) is 9.74. The van der Waals surface area contributed by atoms with E-state index in [1.807, 2.05) is 86.6 Å². The van der Waals surface area contributed by atoms with Crippen LogP contribution in [0.4, 0.5) is 5.69 Å². The van der Waals surface area contributed by atoms with E-state index in [9.17, 15) is 9.59 Å². The second kappa shape index (κ2) is 10.1. The molecule has 0 radical (unpaired) electrons. The first-order chi connectivity index (χ1) is 14.5. The lowest BCUT2D eigenvalue weighted by Gasteiger charge is -2.13. The first-order valence-corrected chi connectivity index (χ1v) is 9.69. The average molecular weight is 403 g/mol. The van der Waals surface area contributed by atoms with E-state index in [0.717, 1.165) is 27.9 Å². The third-order valence-corrected chi connectivity index (χ3v) is 4.49. The Morgan fingerprint density at radius 1 is 0.833 bits per heavy atom. The van der Waals surface area contributed by atoms with E-state index >= 15 is 0 Å². The highest BCUT2D eigenvalue weighted by molar-refractivity contribution is 5.85. The van der Waals surface area contributed by atoms with Crippen molar-refractivity contribution in [2.75, 3.05) is 18.5 Å². The highest BCUT2D eigenvalue weighted by atomic mass is 16.5. The van der Waals surface area contributed by atoms with Crippen molar-refractivity contribution in [3.8, 4) is 16.9 Å². The number of hydrogen-bond acceptors (Lipinski definition) is 4. The Balaban J connectivity index is 1.46. The van der Waals surface area contributed by atoms with E-state index in [2.05, 4.69) is 16.2 Å². The summed E-state index contributed by atoms with van der Waals surface area (Å²) in [7, 11) is 0. The lowest BCUT2D eigenvalue weighted by atomic mass is 10.1. The largest absolute Gasteiger partial charge is 0.483 e. The van der Waals surface area contributed by atoms with Gasteiger partial charge in [-0.1, -0.05) is 66.2 Å². The minimum Gasteiger partial charge on any atom is -0.483 e. The first-order valence-electron chi connectivity index (χ1n) is 9.69. The molecule has 0 heterocycles. The number of nitrogens with one attached hydrogen (secondary N) is 3. The summed E-state index contributed by atoms with van der Waals surface area (Å²) >= 11 is 0. The van der Waals surface area contributed by atoms with Gasteiger partial charge in [0.25, 0.3) is 11.8 Å². The van der Waals surface area contributed by atoms with E-state index in [0.29, 0.717) is 5.75 Å². The van der Waals surface area contributed by atoms with Crippen molar-refractivity contribution in [2.24, 2.45) is 0 Å². The quantitative estimate of drug-likeness (QED) is 0.527. The van der Waals surface area contributed by atoms with Crippen LogP contribution in [0, 0.1) is 13.8 Å². The number of para-hydroxylation sites is 1. The van der Waals surface area contributed by atoms with Crippen molar-refractivity contribution >= 4 is 17.5 Å². The van der Waals surface area contributed by atoms with Crippen molar-refractivity contribution in [1.29, 1.82) is 0 Å². The molecule has 0 spiro atoms. The Morgan fingerprint density at radius 3 is 2.30 bits per heavy atom. The van der Waals surface area contributed by atoms with Gasteiger partial charge in [-0.15, -0.1) is 0 Å². The van der Waals surface area contributed by atoms with Gasteiger partial charge in [-0.05, 0) is 37.1 Å². The topological polar surface area (TPSA) is 79.5 Å². The zero-order chi connectivity index (χ0) is 21.3. The van der Waals surface area contributed by atoms with E-state index in [4.69, 9.17) is 4.74 Å². The van der Waals surface area contributed by atoms with Gasteiger partial charge in [0.15, 0.2) is 6.61 Å². The highest BCUT2D eigenvalue weighted by Crippen LogP contribution is 2.29. The predicted octanol–water partition coefficient (Wildman–Crippen LogP) is 3.61. The monoisotopic (exact) mass is 403 g/mol. The molecular formula is C24H25N3O3. The molecule has 3 rings (SSSR count). The number of hydrazine groups is 1. The molecule has 0 aromatic heterocycles. The van der Waals surface area contributed by atoms with Crippen molar-refractivity contribution in [3.05, 3.63) is 83.9 Å². The van der Waals surface area contributed by atoms with Gasteiger partial charge < -0.3 is 10.1 Å². The van der Waals surface area contributed by atoms with Gasteiger partial charge in [0.1, 0.15) is 5.75 Å². The van der Waals surface area contributed by atoms with Gasteiger partial charge in [0.2, 0.25) is 0 Å². The number of amides is 2. The summed E-state index contributed by atoms with van der Waals surface area (Å²) in [5.74, 6) is -0.201. The summed E-state index contributed by atoms with van der Waals surface area (Å²) < 4.78 is 5.66. The van der Waals surface area contributed by atoms with Crippen LogP contribution < -0.4 is 20.9 Å². The van der Waals surface area contributed by atoms with Gasteiger partial charge in [-0.3, -0.25) is 20.4 Å². The van der Waals surface area contributed by atoms with E-state index in [-0.39, 0.29) is 19.1 Å². The third kappa shape index (κ3) is 5.85. The molecule has 30 heavy (non-hydrogen) atoms.